The molecular weight excluding hydrogens is 224 g/mol. The number of aromatic nitrogens is 2. The second-order valence-corrected chi connectivity index (χ2v) is 5.13. The summed E-state index contributed by atoms with van der Waals surface area (Å²) in [5, 5.41) is 3.47. The van der Waals surface area contributed by atoms with Crippen molar-refractivity contribution in [3.05, 3.63) is 24.3 Å². The van der Waals surface area contributed by atoms with Crippen LogP contribution < -0.4 is 11.1 Å². The first-order valence-electron chi connectivity index (χ1n) is 6.78. The third-order valence-corrected chi connectivity index (χ3v) is 3.93. The molecular formula is C14H20N4. The highest BCUT2D eigenvalue weighted by atomic mass is 15.1. The lowest BCUT2D eigenvalue weighted by Crippen LogP contribution is -2.35. The maximum absolute atomic E-state index is 5.89. The summed E-state index contributed by atoms with van der Waals surface area (Å²) in [6.45, 7) is 0.668. The first kappa shape index (κ1) is 11.5. The molecule has 4 nitrogen and oxygen atoms in total. The van der Waals surface area contributed by atoms with Gasteiger partial charge in [0.2, 0.25) is 5.95 Å². The Morgan fingerprint density at radius 3 is 2.83 bits per heavy atom. The van der Waals surface area contributed by atoms with E-state index in [2.05, 4.69) is 15.3 Å². The van der Waals surface area contributed by atoms with Crippen molar-refractivity contribution in [1.29, 1.82) is 0 Å². The molecule has 96 valence electrons. The summed E-state index contributed by atoms with van der Waals surface area (Å²) in [5.74, 6) is 1.54. The second-order valence-electron chi connectivity index (χ2n) is 5.13. The van der Waals surface area contributed by atoms with Gasteiger partial charge in [-0.1, -0.05) is 25.0 Å². The highest BCUT2D eigenvalue weighted by molar-refractivity contribution is 5.77. The number of hydrogen-bond donors (Lipinski definition) is 3. The molecule has 0 amide bonds. The van der Waals surface area contributed by atoms with Gasteiger partial charge in [-0.15, -0.1) is 0 Å². The summed E-state index contributed by atoms with van der Waals surface area (Å²) in [7, 11) is 0. The SMILES string of the molecule is NCC(Nc1nc2ccccc2[nH]1)C1CCCC1. The highest BCUT2D eigenvalue weighted by Gasteiger charge is 2.24. The van der Waals surface area contributed by atoms with Crippen LogP contribution in [0, 0.1) is 5.92 Å². The third-order valence-electron chi connectivity index (χ3n) is 3.93. The van der Waals surface area contributed by atoms with Crippen LogP contribution in [-0.2, 0) is 0 Å². The summed E-state index contributed by atoms with van der Waals surface area (Å²) < 4.78 is 0. The molecule has 1 aliphatic carbocycles. The van der Waals surface area contributed by atoms with Gasteiger partial charge in [0.05, 0.1) is 11.0 Å². The molecule has 0 bridgehead atoms. The first-order chi connectivity index (χ1) is 8.86. The van der Waals surface area contributed by atoms with Crippen LogP contribution in [0.25, 0.3) is 11.0 Å². The topological polar surface area (TPSA) is 66.7 Å². The minimum atomic E-state index is 0.341. The minimum absolute atomic E-state index is 0.341. The molecule has 1 aromatic carbocycles. The molecule has 0 radical (unpaired) electrons. The number of aromatic amines is 1. The average molecular weight is 244 g/mol. The number of nitrogens with one attached hydrogen (secondary N) is 2. The molecule has 1 aromatic heterocycles. The number of nitrogens with zero attached hydrogens (tertiary/aromatic N) is 1. The Bertz CT molecular complexity index is 480. The average Bonchev–Trinajstić information content (AvgIpc) is 3.04. The van der Waals surface area contributed by atoms with Crippen molar-refractivity contribution < 1.29 is 0 Å². The Balaban J connectivity index is 1.77. The van der Waals surface area contributed by atoms with Crippen molar-refractivity contribution in [2.24, 2.45) is 11.7 Å². The van der Waals surface area contributed by atoms with Gasteiger partial charge in [-0.3, -0.25) is 0 Å². The van der Waals surface area contributed by atoms with Crippen LogP contribution in [0.15, 0.2) is 24.3 Å². The van der Waals surface area contributed by atoms with Crippen LogP contribution in [0.2, 0.25) is 0 Å². The zero-order valence-corrected chi connectivity index (χ0v) is 10.5. The van der Waals surface area contributed by atoms with Gasteiger partial charge >= 0.3 is 0 Å². The van der Waals surface area contributed by atoms with Crippen LogP contribution in [0.1, 0.15) is 25.7 Å². The molecule has 4 N–H and O–H groups in total. The number of para-hydroxylation sites is 2. The van der Waals surface area contributed by atoms with E-state index in [1.54, 1.807) is 0 Å². The van der Waals surface area contributed by atoms with Crippen LogP contribution in [0.5, 0.6) is 0 Å². The molecule has 18 heavy (non-hydrogen) atoms. The molecule has 1 fully saturated rings. The van der Waals surface area contributed by atoms with Crippen molar-refractivity contribution in [2.75, 3.05) is 11.9 Å². The molecule has 1 aliphatic rings. The smallest absolute Gasteiger partial charge is 0.201 e. The van der Waals surface area contributed by atoms with Gasteiger partial charge in [0.25, 0.3) is 0 Å². The molecule has 1 saturated carbocycles. The molecule has 0 saturated heterocycles. The van der Waals surface area contributed by atoms with Crippen LogP contribution in [-0.4, -0.2) is 22.6 Å². The molecule has 0 spiro atoms. The van der Waals surface area contributed by atoms with Crippen LogP contribution in [0.4, 0.5) is 5.95 Å². The van der Waals surface area contributed by atoms with E-state index in [-0.39, 0.29) is 0 Å². The number of rotatable bonds is 4. The predicted octanol–water partition coefficient (Wildman–Crippen LogP) is 2.49. The van der Waals surface area contributed by atoms with Gasteiger partial charge in [0.1, 0.15) is 0 Å². The zero-order chi connectivity index (χ0) is 12.4. The van der Waals surface area contributed by atoms with E-state index in [1.807, 2.05) is 24.3 Å². The van der Waals surface area contributed by atoms with E-state index >= 15 is 0 Å². The van der Waals surface area contributed by atoms with Gasteiger partial charge in [-0.2, -0.15) is 0 Å². The zero-order valence-electron chi connectivity index (χ0n) is 10.5. The molecule has 1 atom stereocenters. The standard InChI is InChI=1S/C14H20N4/c15-9-13(10-5-1-2-6-10)18-14-16-11-7-3-4-8-12(11)17-14/h3-4,7-8,10,13H,1-2,5-6,9,15H2,(H2,16,17,18). The Hall–Kier alpha value is -1.55. The number of anilines is 1. The van der Waals surface area contributed by atoms with Gasteiger partial charge in [0, 0.05) is 12.6 Å². The summed E-state index contributed by atoms with van der Waals surface area (Å²) in [4.78, 5) is 7.86. The summed E-state index contributed by atoms with van der Waals surface area (Å²) >= 11 is 0. The maximum Gasteiger partial charge on any atom is 0.201 e. The monoisotopic (exact) mass is 244 g/mol. The number of hydrogen-bond acceptors (Lipinski definition) is 3. The van der Waals surface area contributed by atoms with Crippen molar-refractivity contribution in [3.63, 3.8) is 0 Å². The lowest BCUT2D eigenvalue weighted by atomic mass is 9.98. The lowest BCUT2D eigenvalue weighted by molar-refractivity contribution is 0.460. The molecule has 1 unspecified atom stereocenters. The number of benzene rings is 1. The van der Waals surface area contributed by atoms with E-state index < -0.39 is 0 Å². The fraction of sp³-hybridized carbons (Fsp3) is 0.500. The largest absolute Gasteiger partial charge is 0.352 e. The molecule has 4 heteroatoms. The summed E-state index contributed by atoms with van der Waals surface area (Å²) in [6.07, 6.45) is 5.25. The van der Waals surface area contributed by atoms with Gasteiger partial charge in [0.15, 0.2) is 0 Å². The fourth-order valence-corrected chi connectivity index (χ4v) is 2.93. The number of nitrogens with two attached hydrogens (primary N) is 1. The Morgan fingerprint density at radius 2 is 2.11 bits per heavy atom. The summed E-state index contributed by atoms with van der Waals surface area (Å²) in [6, 6.07) is 8.42. The fourth-order valence-electron chi connectivity index (χ4n) is 2.93. The second kappa shape index (κ2) is 4.98. The minimum Gasteiger partial charge on any atom is -0.352 e. The van der Waals surface area contributed by atoms with Crippen molar-refractivity contribution >= 4 is 17.0 Å². The quantitative estimate of drug-likeness (QED) is 0.774. The van der Waals surface area contributed by atoms with Crippen molar-refractivity contribution in [2.45, 2.75) is 31.7 Å². The van der Waals surface area contributed by atoms with Crippen molar-refractivity contribution in [3.8, 4) is 0 Å². The first-order valence-corrected chi connectivity index (χ1v) is 6.78. The van der Waals surface area contributed by atoms with Gasteiger partial charge in [-0.25, -0.2) is 4.98 Å². The van der Waals surface area contributed by atoms with Gasteiger partial charge < -0.3 is 16.0 Å². The van der Waals surface area contributed by atoms with Gasteiger partial charge in [-0.05, 0) is 30.9 Å². The van der Waals surface area contributed by atoms with E-state index in [0.29, 0.717) is 18.5 Å². The van der Waals surface area contributed by atoms with E-state index in [1.165, 1.54) is 25.7 Å². The normalized spacial score (nSPS) is 18.3. The third kappa shape index (κ3) is 2.20. The lowest BCUT2D eigenvalue weighted by Gasteiger charge is -2.22. The Labute approximate surface area is 107 Å². The van der Waals surface area contributed by atoms with E-state index in [9.17, 15) is 0 Å². The number of imidazole rings is 1. The Kier molecular flexibility index (Phi) is 3.19. The Morgan fingerprint density at radius 1 is 1.33 bits per heavy atom. The van der Waals surface area contributed by atoms with Crippen LogP contribution >= 0.6 is 0 Å². The maximum atomic E-state index is 5.89. The molecule has 1 heterocycles. The molecule has 0 aliphatic heterocycles. The molecule has 3 rings (SSSR count). The molecule has 2 aromatic rings. The van der Waals surface area contributed by atoms with E-state index in [4.69, 9.17) is 5.73 Å². The number of H-pyrrole nitrogens is 1. The predicted molar refractivity (Wildman–Crippen MR) is 74.5 cm³/mol. The number of fused-ring (bicyclic) bond motifs is 1. The van der Waals surface area contributed by atoms with Crippen LogP contribution in [0.3, 0.4) is 0 Å². The van der Waals surface area contributed by atoms with Crippen molar-refractivity contribution in [1.82, 2.24) is 9.97 Å². The van der Waals surface area contributed by atoms with E-state index in [0.717, 1.165) is 17.0 Å². The highest BCUT2D eigenvalue weighted by Crippen LogP contribution is 2.29. The summed E-state index contributed by atoms with van der Waals surface area (Å²) in [5.41, 5.74) is 7.96.